The molecule has 9 heteroatoms. The number of hydrogen-bond acceptors (Lipinski definition) is 5. The number of amides is 1. The SMILES string of the molecule is Cc1noc(C)c1NC(=O)c1ccn(COc2ccc(Br)cc2Cl)n1. The van der Waals surface area contributed by atoms with Gasteiger partial charge in [-0.15, -0.1) is 0 Å². The average molecular weight is 426 g/mol. The van der Waals surface area contributed by atoms with Crippen LogP contribution in [0.1, 0.15) is 21.9 Å². The van der Waals surface area contributed by atoms with Gasteiger partial charge in [0.1, 0.15) is 17.1 Å². The first-order valence-corrected chi connectivity index (χ1v) is 8.46. The molecule has 0 aliphatic rings. The molecule has 0 radical (unpaired) electrons. The third kappa shape index (κ3) is 4.02. The lowest BCUT2D eigenvalue weighted by Gasteiger charge is -2.08. The van der Waals surface area contributed by atoms with Gasteiger partial charge in [-0.2, -0.15) is 5.10 Å². The maximum atomic E-state index is 12.3. The first-order chi connectivity index (χ1) is 11.9. The fraction of sp³-hybridized carbons (Fsp3) is 0.188. The number of ether oxygens (including phenoxy) is 1. The van der Waals surface area contributed by atoms with E-state index in [1.54, 1.807) is 38.2 Å². The summed E-state index contributed by atoms with van der Waals surface area (Å²) in [6, 6.07) is 6.91. The Morgan fingerprint density at radius 3 is 2.88 bits per heavy atom. The first kappa shape index (κ1) is 17.5. The van der Waals surface area contributed by atoms with Crippen molar-refractivity contribution in [2.24, 2.45) is 0 Å². The molecule has 0 atom stereocenters. The number of carbonyl (C=O) groups is 1. The van der Waals surface area contributed by atoms with Crippen LogP contribution in [0.2, 0.25) is 5.02 Å². The summed E-state index contributed by atoms with van der Waals surface area (Å²) in [5.74, 6) is 0.718. The molecular formula is C16H14BrClN4O3. The minimum absolute atomic E-state index is 0.125. The minimum atomic E-state index is -0.352. The van der Waals surface area contributed by atoms with E-state index in [-0.39, 0.29) is 18.3 Å². The predicted octanol–water partition coefficient (Wildman–Crippen LogP) is 4.19. The normalized spacial score (nSPS) is 10.7. The maximum Gasteiger partial charge on any atom is 0.276 e. The fourth-order valence-corrected chi connectivity index (χ4v) is 2.85. The van der Waals surface area contributed by atoms with Crippen LogP contribution in [0.3, 0.4) is 0 Å². The summed E-state index contributed by atoms with van der Waals surface area (Å²) in [5, 5.41) is 11.2. The van der Waals surface area contributed by atoms with E-state index >= 15 is 0 Å². The zero-order chi connectivity index (χ0) is 18.0. The van der Waals surface area contributed by atoms with Crippen molar-refractivity contribution in [2.75, 3.05) is 5.32 Å². The largest absolute Gasteiger partial charge is 0.470 e. The number of rotatable bonds is 5. The van der Waals surface area contributed by atoms with Gasteiger partial charge in [-0.3, -0.25) is 4.79 Å². The van der Waals surface area contributed by atoms with Gasteiger partial charge in [-0.25, -0.2) is 4.68 Å². The molecule has 1 N–H and O–H groups in total. The smallest absolute Gasteiger partial charge is 0.276 e. The lowest BCUT2D eigenvalue weighted by atomic mass is 10.3. The number of benzene rings is 1. The van der Waals surface area contributed by atoms with Crippen LogP contribution in [0, 0.1) is 13.8 Å². The minimum Gasteiger partial charge on any atom is -0.470 e. The Bertz CT molecular complexity index is 902. The first-order valence-electron chi connectivity index (χ1n) is 7.29. The van der Waals surface area contributed by atoms with Crippen LogP contribution in [-0.4, -0.2) is 20.8 Å². The molecule has 0 saturated carbocycles. The summed E-state index contributed by atoms with van der Waals surface area (Å²) < 4.78 is 13.0. The highest BCUT2D eigenvalue weighted by atomic mass is 79.9. The van der Waals surface area contributed by atoms with E-state index in [0.717, 1.165) is 4.47 Å². The Hall–Kier alpha value is -2.32. The van der Waals surface area contributed by atoms with Crippen molar-refractivity contribution >= 4 is 39.1 Å². The van der Waals surface area contributed by atoms with E-state index in [1.165, 1.54) is 4.68 Å². The number of carbonyl (C=O) groups excluding carboxylic acids is 1. The van der Waals surface area contributed by atoms with Gasteiger partial charge in [0.25, 0.3) is 5.91 Å². The van der Waals surface area contributed by atoms with Crippen molar-refractivity contribution in [1.29, 1.82) is 0 Å². The van der Waals surface area contributed by atoms with Gasteiger partial charge in [0, 0.05) is 10.7 Å². The van der Waals surface area contributed by atoms with Crippen LogP contribution < -0.4 is 10.1 Å². The molecule has 25 heavy (non-hydrogen) atoms. The topological polar surface area (TPSA) is 82.2 Å². The van der Waals surface area contributed by atoms with Crippen molar-refractivity contribution in [3.8, 4) is 5.75 Å². The molecule has 3 aromatic rings. The molecule has 0 spiro atoms. The molecule has 2 heterocycles. The van der Waals surface area contributed by atoms with Gasteiger partial charge >= 0.3 is 0 Å². The van der Waals surface area contributed by atoms with Crippen molar-refractivity contribution in [1.82, 2.24) is 14.9 Å². The Kier molecular flexibility index (Phi) is 5.10. The third-order valence-corrected chi connectivity index (χ3v) is 4.18. The van der Waals surface area contributed by atoms with E-state index in [9.17, 15) is 4.79 Å². The van der Waals surface area contributed by atoms with Crippen LogP contribution >= 0.6 is 27.5 Å². The zero-order valence-electron chi connectivity index (χ0n) is 13.4. The van der Waals surface area contributed by atoms with E-state index in [1.807, 2.05) is 6.07 Å². The number of hydrogen-bond donors (Lipinski definition) is 1. The standard InChI is InChI=1S/C16H14BrClN4O3/c1-9-15(10(2)25-21-9)19-16(23)13-5-6-22(20-13)8-24-14-4-3-11(17)7-12(14)18/h3-7H,8H2,1-2H3,(H,19,23). The van der Waals surface area contributed by atoms with Gasteiger partial charge in [0.2, 0.25) is 0 Å². The van der Waals surface area contributed by atoms with Gasteiger partial charge < -0.3 is 14.6 Å². The van der Waals surface area contributed by atoms with Gasteiger partial charge in [0.15, 0.2) is 18.2 Å². The zero-order valence-corrected chi connectivity index (χ0v) is 15.8. The predicted molar refractivity (Wildman–Crippen MR) is 95.9 cm³/mol. The highest BCUT2D eigenvalue weighted by molar-refractivity contribution is 9.10. The number of nitrogens with zero attached hydrogens (tertiary/aromatic N) is 3. The number of aryl methyl sites for hydroxylation is 2. The molecular weight excluding hydrogens is 412 g/mol. The number of halogens is 2. The van der Waals surface area contributed by atoms with Crippen molar-refractivity contribution < 1.29 is 14.1 Å². The second-order valence-corrected chi connectivity index (χ2v) is 6.56. The summed E-state index contributed by atoms with van der Waals surface area (Å²) >= 11 is 9.43. The molecule has 3 rings (SSSR count). The summed E-state index contributed by atoms with van der Waals surface area (Å²) in [7, 11) is 0. The lowest BCUT2D eigenvalue weighted by Crippen LogP contribution is -2.15. The van der Waals surface area contributed by atoms with Crippen molar-refractivity contribution in [3.63, 3.8) is 0 Å². The summed E-state index contributed by atoms with van der Waals surface area (Å²) in [5.41, 5.74) is 1.42. The fourth-order valence-electron chi connectivity index (χ4n) is 2.12. The molecule has 0 unspecified atom stereocenters. The molecule has 7 nitrogen and oxygen atoms in total. The molecule has 1 aromatic carbocycles. The Labute approximate surface area is 157 Å². The van der Waals surface area contributed by atoms with Gasteiger partial charge in [0.05, 0.1) is 5.02 Å². The van der Waals surface area contributed by atoms with Crippen molar-refractivity contribution in [3.05, 3.63) is 57.1 Å². The quantitative estimate of drug-likeness (QED) is 0.663. The Balaban J connectivity index is 1.65. The molecule has 0 aliphatic heterocycles. The molecule has 0 saturated heterocycles. The van der Waals surface area contributed by atoms with E-state index in [2.05, 4.69) is 31.5 Å². The number of anilines is 1. The molecule has 0 fully saturated rings. The Morgan fingerprint density at radius 2 is 2.20 bits per heavy atom. The van der Waals surface area contributed by atoms with Crippen LogP contribution in [0.5, 0.6) is 5.75 Å². The highest BCUT2D eigenvalue weighted by Gasteiger charge is 2.16. The second kappa shape index (κ2) is 7.28. The van der Waals surface area contributed by atoms with Crippen LogP contribution in [0.25, 0.3) is 0 Å². The number of nitrogens with one attached hydrogen (secondary N) is 1. The summed E-state index contributed by atoms with van der Waals surface area (Å²) in [6.45, 7) is 3.60. The third-order valence-electron chi connectivity index (χ3n) is 3.39. The average Bonchev–Trinajstić information content (AvgIpc) is 3.16. The van der Waals surface area contributed by atoms with E-state index in [0.29, 0.717) is 27.9 Å². The van der Waals surface area contributed by atoms with E-state index in [4.69, 9.17) is 20.9 Å². The van der Waals surface area contributed by atoms with Gasteiger partial charge in [-0.05, 0) is 38.1 Å². The monoisotopic (exact) mass is 424 g/mol. The molecule has 2 aromatic heterocycles. The van der Waals surface area contributed by atoms with Crippen LogP contribution in [0.15, 0.2) is 39.5 Å². The lowest BCUT2D eigenvalue weighted by molar-refractivity contribution is 0.102. The Morgan fingerprint density at radius 1 is 1.40 bits per heavy atom. The summed E-state index contributed by atoms with van der Waals surface area (Å²) in [6.07, 6.45) is 1.65. The van der Waals surface area contributed by atoms with E-state index < -0.39 is 0 Å². The highest BCUT2D eigenvalue weighted by Crippen LogP contribution is 2.27. The van der Waals surface area contributed by atoms with Crippen LogP contribution in [0.4, 0.5) is 5.69 Å². The molecule has 0 aliphatic carbocycles. The number of aromatic nitrogens is 3. The summed E-state index contributed by atoms with van der Waals surface area (Å²) in [4.78, 5) is 12.3. The van der Waals surface area contributed by atoms with Crippen LogP contribution in [-0.2, 0) is 6.73 Å². The molecule has 130 valence electrons. The maximum absolute atomic E-state index is 12.3. The second-order valence-electron chi connectivity index (χ2n) is 5.24. The molecule has 1 amide bonds. The molecule has 0 bridgehead atoms. The van der Waals surface area contributed by atoms with Crippen molar-refractivity contribution in [2.45, 2.75) is 20.6 Å². The van der Waals surface area contributed by atoms with Gasteiger partial charge in [-0.1, -0.05) is 32.7 Å².